The summed E-state index contributed by atoms with van der Waals surface area (Å²) in [7, 11) is 0. The lowest BCUT2D eigenvalue weighted by molar-refractivity contribution is 0.358. The van der Waals surface area contributed by atoms with E-state index < -0.39 is 0 Å². The fourth-order valence-corrected chi connectivity index (χ4v) is 5.34. The van der Waals surface area contributed by atoms with Gasteiger partial charge in [-0.3, -0.25) is 8.99 Å². The number of aromatic nitrogens is 4. The van der Waals surface area contributed by atoms with E-state index in [0.717, 1.165) is 50.4 Å². The number of hydrogen-bond donors (Lipinski definition) is 1. The average molecular weight is 397 g/mol. The fraction of sp³-hybridized carbons (Fsp3) is 0.667. The Kier molecular flexibility index (Phi) is 4.15. The van der Waals surface area contributed by atoms with Gasteiger partial charge < -0.3 is 5.32 Å². The summed E-state index contributed by atoms with van der Waals surface area (Å²) in [6.07, 6.45) is 13.8. The van der Waals surface area contributed by atoms with Crippen molar-refractivity contribution in [1.82, 2.24) is 24.1 Å². The van der Waals surface area contributed by atoms with Gasteiger partial charge in [-0.2, -0.15) is 5.10 Å². The molecule has 6 rings (SSSR count). The highest BCUT2D eigenvalue weighted by atomic mass is 32.2. The minimum atomic E-state index is 0.474. The third-order valence-electron chi connectivity index (χ3n) is 6.65. The maximum absolute atomic E-state index is 5.06. The number of nitrogens with zero attached hydrogens (tertiary/aromatic N) is 5. The second-order valence-electron chi connectivity index (χ2n) is 8.75. The van der Waals surface area contributed by atoms with Crippen molar-refractivity contribution < 1.29 is 0 Å². The third-order valence-corrected chi connectivity index (χ3v) is 7.54. The van der Waals surface area contributed by atoms with Crippen molar-refractivity contribution in [2.45, 2.75) is 69.4 Å². The molecule has 3 fully saturated rings. The Morgan fingerprint density at radius 1 is 1.07 bits per heavy atom. The van der Waals surface area contributed by atoms with Crippen LogP contribution in [0.2, 0.25) is 0 Å². The van der Waals surface area contributed by atoms with Crippen LogP contribution < -0.4 is 5.32 Å². The van der Waals surface area contributed by atoms with Crippen LogP contribution in [-0.2, 0) is 12.8 Å². The number of aryl methyl sites for hydroxylation is 2. The van der Waals surface area contributed by atoms with E-state index >= 15 is 0 Å². The van der Waals surface area contributed by atoms with E-state index in [9.17, 15) is 0 Å². The first-order chi connectivity index (χ1) is 13.8. The summed E-state index contributed by atoms with van der Waals surface area (Å²) >= 11 is 1.85. The van der Waals surface area contributed by atoms with Gasteiger partial charge >= 0.3 is 0 Å². The zero-order valence-corrected chi connectivity index (χ0v) is 17.3. The molecule has 0 atom stereocenters. The number of fused-ring (bicyclic) bond motifs is 3. The third kappa shape index (κ3) is 3.03. The van der Waals surface area contributed by atoms with Crippen molar-refractivity contribution in [3.05, 3.63) is 23.1 Å². The van der Waals surface area contributed by atoms with E-state index in [2.05, 4.69) is 31.7 Å². The Morgan fingerprint density at radius 2 is 1.89 bits per heavy atom. The van der Waals surface area contributed by atoms with Crippen molar-refractivity contribution in [3.8, 4) is 11.3 Å². The molecule has 0 radical (unpaired) electrons. The highest BCUT2D eigenvalue weighted by Crippen LogP contribution is 2.50. The lowest BCUT2D eigenvalue weighted by Crippen LogP contribution is -2.35. The summed E-state index contributed by atoms with van der Waals surface area (Å²) in [6.45, 7) is 2.27. The first kappa shape index (κ1) is 17.3. The van der Waals surface area contributed by atoms with Crippen molar-refractivity contribution in [3.63, 3.8) is 0 Å². The Morgan fingerprint density at radius 3 is 2.61 bits per heavy atom. The van der Waals surface area contributed by atoms with Crippen LogP contribution in [0.15, 0.2) is 6.20 Å². The highest BCUT2D eigenvalue weighted by molar-refractivity contribution is 7.96. The van der Waals surface area contributed by atoms with E-state index in [0.29, 0.717) is 18.0 Å². The largest absolute Gasteiger partial charge is 0.351 e. The normalized spacial score (nSPS) is 22.8. The number of rotatable bonds is 5. The summed E-state index contributed by atoms with van der Waals surface area (Å²) in [5.74, 6) is 1.50. The zero-order chi connectivity index (χ0) is 18.7. The molecule has 4 aliphatic rings. The van der Waals surface area contributed by atoms with Crippen LogP contribution in [0.5, 0.6) is 0 Å². The van der Waals surface area contributed by atoms with E-state index in [1.165, 1.54) is 48.2 Å². The second-order valence-corrected chi connectivity index (χ2v) is 9.64. The first-order valence-corrected chi connectivity index (χ1v) is 12.0. The predicted molar refractivity (Wildman–Crippen MR) is 113 cm³/mol. The Bertz CT molecular complexity index is 893. The van der Waals surface area contributed by atoms with Gasteiger partial charge in [-0.05, 0) is 63.2 Å². The summed E-state index contributed by atoms with van der Waals surface area (Å²) in [5.41, 5.74) is 6.58. The number of nitrogens with one attached hydrogen (secondary N) is 1. The predicted octanol–water partition coefficient (Wildman–Crippen LogP) is 3.81. The molecular formula is C21H28N6S. The minimum absolute atomic E-state index is 0.474. The van der Waals surface area contributed by atoms with Crippen LogP contribution in [0, 0.1) is 0 Å². The number of piperidine rings is 1. The lowest BCUT2D eigenvalue weighted by Gasteiger charge is -2.30. The summed E-state index contributed by atoms with van der Waals surface area (Å²) in [5, 5.41) is 8.69. The molecule has 2 saturated carbocycles. The second kappa shape index (κ2) is 6.73. The molecule has 148 valence electrons. The van der Waals surface area contributed by atoms with Crippen LogP contribution in [0.3, 0.4) is 0 Å². The van der Waals surface area contributed by atoms with Gasteiger partial charge in [0.05, 0.1) is 23.1 Å². The van der Waals surface area contributed by atoms with Crippen LogP contribution >= 0.6 is 11.9 Å². The van der Waals surface area contributed by atoms with Gasteiger partial charge in [0.1, 0.15) is 0 Å². The van der Waals surface area contributed by atoms with Crippen LogP contribution in [0.4, 0.5) is 5.95 Å². The van der Waals surface area contributed by atoms with E-state index in [1.54, 1.807) is 0 Å². The van der Waals surface area contributed by atoms with Gasteiger partial charge in [-0.15, -0.1) is 0 Å². The molecule has 6 nitrogen and oxygen atoms in total. The number of hydrogen-bond acceptors (Lipinski definition) is 6. The Balaban J connectivity index is 1.32. The quantitative estimate of drug-likeness (QED) is 0.776. The Labute approximate surface area is 170 Å². The molecule has 0 bridgehead atoms. The summed E-state index contributed by atoms with van der Waals surface area (Å²) < 4.78 is 4.82. The molecule has 28 heavy (non-hydrogen) atoms. The molecule has 3 heterocycles. The molecule has 0 unspecified atom stereocenters. The van der Waals surface area contributed by atoms with Gasteiger partial charge in [0, 0.05) is 36.8 Å². The molecule has 2 aromatic rings. The molecule has 2 aromatic heterocycles. The van der Waals surface area contributed by atoms with Crippen molar-refractivity contribution >= 4 is 17.9 Å². The number of anilines is 1. The molecule has 1 N–H and O–H groups in total. The summed E-state index contributed by atoms with van der Waals surface area (Å²) in [6, 6.07) is 1.12. The van der Waals surface area contributed by atoms with Gasteiger partial charge in [-0.25, -0.2) is 9.97 Å². The smallest absolute Gasteiger partial charge is 0.223 e. The van der Waals surface area contributed by atoms with Crippen LogP contribution in [0.1, 0.15) is 67.4 Å². The molecule has 1 saturated heterocycles. The lowest BCUT2D eigenvalue weighted by atomic mass is 9.92. The van der Waals surface area contributed by atoms with Gasteiger partial charge in [-0.1, -0.05) is 11.9 Å². The monoisotopic (exact) mass is 396 g/mol. The molecule has 3 aliphatic carbocycles. The van der Waals surface area contributed by atoms with Crippen molar-refractivity contribution in [2.24, 2.45) is 0 Å². The topological polar surface area (TPSA) is 58.9 Å². The minimum Gasteiger partial charge on any atom is -0.351 e. The van der Waals surface area contributed by atoms with Crippen molar-refractivity contribution in [2.75, 3.05) is 24.7 Å². The summed E-state index contributed by atoms with van der Waals surface area (Å²) in [4.78, 5) is 9.73. The maximum Gasteiger partial charge on any atom is 0.223 e. The Hall–Kier alpha value is -1.60. The van der Waals surface area contributed by atoms with Gasteiger partial charge in [0.2, 0.25) is 5.95 Å². The standard InChI is InChI=1S/C21H28N6S/c1-28-26-10-8-15(9-11-26)23-21-22-12-14-4-7-17-18(19(14)24-21)20(13-2-3-13)27(25-17)16-5-6-16/h12-13,15-16H,2-11H2,1H3,(H,22,23,24). The van der Waals surface area contributed by atoms with E-state index in [-0.39, 0.29) is 0 Å². The van der Waals surface area contributed by atoms with E-state index in [1.807, 2.05) is 11.9 Å². The average Bonchev–Trinajstić information content (AvgIpc) is 3.66. The van der Waals surface area contributed by atoms with E-state index in [4.69, 9.17) is 10.1 Å². The fourth-order valence-electron chi connectivity index (χ4n) is 4.77. The van der Waals surface area contributed by atoms with Crippen LogP contribution in [0.25, 0.3) is 11.3 Å². The van der Waals surface area contributed by atoms with Crippen LogP contribution in [-0.4, -0.2) is 49.4 Å². The first-order valence-electron chi connectivity index (χ1n) is 10.8. The SMILES string of the molecule is CSN1CCC(Nc2ncc3c(n2)-c2c(nn(C4CC4)c2C2CC2)CC3)CC1. The zero-order valence-electron chi connectivity index (χ0n) is 16.5. The molecular weight excluding hydrogens is 368 g/mol. The highest BCUT2D eigenvalue weighted by Gasteiger charge is 2.39. The molecule has 0 amide bonds. The van der Waals surface area contributed by atoms with Crippen molar-refractivity contribution in [1.29, 1.82) is 0 Å². The molecule has 0 spiro atoms. The van der Waals surface area contributed by atoms with Gasteiger partial charge in [0.15, 0.2) is 0 Å². The molecule has 7 heteroatoms. The molecule has 1 aliphatic heterocycles. The molecule has 0 aromatic carbocycles. The maximum atomic E-state index is 5.06. The van der Waals surface area contributed by atoms with Gasteiger partial charge in [0.25, 0.3) is 0 Å².